The molecule has 0 aliphatic rings. The van der Waals surface area contributed by atoms with Gasteiger partial charge in [0.15, 0.2) is 0 Å². The van der Waals surface area contributed by atoms with Gasteiger partial charge in [0.2, 0.25) is 10.0 Å². The zero-order chi connectivity index (χ0) is 14.0. The number of sulfonamides is 1. The lowest BCUT2D eigenvalue weighted by molar-refractivity contribution is 0.199. The van der Waals surface area contributed by atoms with Gasteiger partial charge in [-0.1, -0.05) is 19.9 Å². The first-order valence-corrected chi connectivity index (χ1v) is 7.51. The molecule has 0 aliphatic heterocycles. The maximum absolute atomic E-state index is 11.1. The predicted molar refractivity (Wildman–Crippen MR) is 73.2 cm³/mol. The Kier molecular flexibility index (Phi) is 4.40. The van der Waals surface area contributed by atoms with Crippen LogP contribution in [-0.2, 0) is 10.0 Å². The highest BCUT2D eigenvalue weighted by molar-refractivity contribution is 7.89. The molecule has 4 nitrogen and oxygen atoms in total. The number of hydrogen-bond acceptors (Lipinski definition) is 3. The summed E-state index contributed by atoms with van der Waals surface area (Å²) in [4.78, 5) is 0. The summed E-state index contributed by atoms with van der Waals surface area (Å²) in [5.41, 5.74) is 1.84. The summed E-state index contributed by atoms with van der Waals surface area (Å²) in [5.74, 6) is 0.658. The molecule has 0 amide bonds. The van der Waals surface area contributed by atoms with E-state index in [0.29, 0.717) is 6.61 Å². The summed E-state index contributed by atoms with van der Waals surface area (Å²) in [6, 6.07) is 5.81. The van der Waals surface area contributed by atoms with Crippen molar-refractivity contribution in [1.82, 2.24) is 0 Å². The van der Waals surface area contributed by atoms with E-state index in [-0.39, 0.29) is 5.75 Å². The van der Waals surface area contributed by atoms with Gasteiger partial charge < -0.3 is 4.74 Å². The third kappa shape index (κ3) is 5.06. The lowest BCUT2D eigenvalue weighted by atomic mass is 9.98. The van der Waals surface area contributed by atoms with Crippen molar-refractivity contribution in [3.8, 4) is 5.75 Å². The van der Waals surface area contributed by atoms with Crippen LogP contribution >= 0.6 is 0 Å². The molecule has 0 unspecified atom stereocenters. The number of ether oxygens (including phenoxy) is 1. The molecule has 0 heterocycles. The van der Waals surface area contributed by atoms with Crippen LogP contribution in [0.1, 0.15) is 25.0 Å². The van der Waals surface area contributed by atoms with Crippen LogP contribution < -0.4 is 9.88 Å². The molecule has 0 bridgehead atoms. The fourth-order valence-electron chi connectivity index (χ4n) is 1.67. The van der Waals surface area contributed by atoms with Crippen molar-refractivity contribution in [2.75, 3.05) is 12.4 Å². The highest BCUT2D eigenvalue weighted by Gasteiger charge is 2.25. The zero-order valence-corrected chi connectivity index (χ0v) is 12.2. The molecule has 2 N–H and O–H groups in total. The summed E-state index contributed by atoms with van der Waals surface area (Å²) >= 11 is 0. The number of benzene rings is 1. The topological polar surface area (TPSA) is 69.4 Å². The molecule has 0 spiro atoms. The number of primary sulfonamides is 1. The van der Waals surface area contributed by atoms with Crippen LogP contribution in [0.4, 0.5) is 0 Å². The van der Waals surface area contributed by atoms with E-state index < -0.39 is 15.4 Å². The Hall–Kier alpha value is -1.07. The van der Waals surface area contributed by atoms with Gasteiger partial charge in [0.05, 0.1) is 12.4 Å². The number of hydrogen-bond donors (Lipinski definition) is 1. The van der Waals surface area contributed by atoms with Crippen molar-refractivity contribution in [3.63, 3.8) is 0 Å². The number of rotatable bonds is 5. The van der Waals surface area contributed by atoms with Crippen LogP contribution in [0, 0.1) is 19.3 Å². The van der Waals surface area contributed by atoms with E-state index in [0.717, 1.165) is 11.3 Å². The van der Waals surface area contributed by atoms with Gasteiger partial charge in [-0.25, -0.2) is 13.6 Å². The first-order chi connectivity index (χ1) is 8.09. The zero-order valence-electron chi connectivity index (χ0n) is 11.4. The normalized spacial score (nSPS) is 12.5. The van der Waals surface area contributed by atoms with Crippen LogP contribution in [-0.4, -0.2) is 20.8 Å². The molecular formula is C13H21NO3S. The molecule has 0 fully saturated rings. The van der Waals surface area contributed by atoms with Crippen LogP contribution in [0.25, 0.3) is 0 Å². The average Bonchev–Trinajstić information content (AvgIpc) is 2.16. The second-order valence-corrected chi connectivity index (χ2v) is 7.12. The molecule has 0 saturated heterocycles. The standard InChI is InChI=1S/C13H21NO3S/c1-10-5-6-12(7-11(10)2)17-8-13(3,4)9-18(14,15)16/h5-7H,8-9H2,1-4H3,(H2,14,15,16). The van der Waals surface area contributed by atoms with Crippen molar-refractivity contribution < 1.29 is 13.2 Å². The van der Waals surface area contributed by atoms with Gasteiger partial charge in [-0.2, -0.15) is 0 Å². The Morgan fingerprint density at radius 2 is 1.83 bits per heavy atom. The third-order valence-electron chi connectivity index (χ3n) is 2.70. The van der Waals surface area contributed by atoms with E-state index in [1.165, 1.54) is 5.56 Å². The van der Waals surface area contributed by atoms with Gasteiger partial charge in [-0.05, 0) is 37.1 Å². The Balaban J connectivity index is 2.67. The van der Waals surface area contributed by atoms with Crippen molar-refractivity contribution in [3.05, 3.63) is 29.3 Å². The van der Waals surface area contributed by atoms with E-state index in [4.69, 9.17) is 9.88 Å². The maximum atomic E-state index is 11.1. The van der Waals surface area contributed by atoms with E-state index >= 15 is 0 Å². The molecule has 0 saturated carbocycles. The monoisotopic (exact) mass is 271 g/mol. The number of nitrogens with two attached hydrogens (primary N) is 1. The summed E-state index contributed by atoms with van der Waals surface area (Å²) in [6.45, 7) is 7.99. The van der Waals surface area contributed by atoms with Gasteiger partial charge in [-0.15, -0.1) is 0 Å². The maximum Gasteiger partial charge on any atom is 0.209 e. The Morgan fingerprint density at radius 3 is 2.33 bits per heavy atom. The first-order valence-electron chi connectivity index (χ1n) is 5.80. The van der Waals surface area contributed by atoms with Gasteiger partial charge in [0, 0.05) is 5.41 Å². The van der Waals surface area contributed by atoms with Gasteiger partial charge in [0.25, 0.3) is 0 Å². The molecule has 18 heavy (non-hydrogen) atoms. The average molecular weight is 271 g/mol. The molecule has 1 rings (SSSR count). The van der Waals surface area contributed by atoms with E-state index in [2.05, 4.69) is 0 Å². The van der Waals surface area contributed by atoms with E-state index in [9.17, 15) is 8.42 Å². The highest BCUT2D eigenvalue weighted by Crippen LogP contribution is 2.21. The SMILES string of the molecule is Cc1ccc(OCC(C)(C)CS(N)(=O)=O)cc1C. The minimum atomic E-state index is -3.48. The molecule has 102 valence electrons. The Bertz CT molecular complexity index is 521. The van der Waals surface area contributed by atoms with Crippen LogP contribution in [0.3, 0.4) is 0 Å². The molecule has 0 aromatic heterocycles. The summed E-state index contributed by atoms with van der Waals surface area (Å²) in [7, 11) is -3.48. The Morgan fingerprint density at radius 1 is 1.22 bits per heavy atom. The van der Waals surface area contributed by atoms with Crippen molar-refractivity contribution in [2.45, 2.75) is 27.7 Å². The highest BCUT2D eigenvalue weighted by atomic mass is 32.2. The summed E-state index contributed by atoms with van der Waals surface area (Å²) in [6.07, 6.45) is 0. The molecule has 0 aliphatic carbocycles. The Labute approximate surface area is 109 Å². The molecule has 5 heteroatoms. The second-order valence-electron chi connectivity index (χ2n) is 5.51. The van der Waals surface area contributed by atoms with E-state index in [1.807, 2.05) is 45.9 Å². The molecule has 1 aromatic rings. The van der Waals surface area contributed by atoms with Gasteiger partial charge >= 0.3 is 0 Å². The molecule has 1 aromatic carbocycles. The first kappa shape index (κ1) is 15.0. The third-order valence-corrected chi connectivity index (χ3v) is 3.88. The lowest BCUT2D eigenvalue weighted by Gasteiger charge is -2.23. The van der Waals surface area contributed by atoms with Crippen molar-refractivity contribution in [2.24, 2.45) is 10.6 Å². The molecule has 0 atom stereocenters. The fraction of sp³-hybridized carbons (Fsp3) is 0.538. The van der Waals surface area contributed by atoms with Crippen molar-refractivity contribution in [1.29, 1.82) is 0 Å². The smallest absolute Gasteiger partial charge is 0.209 e. The molecular weight excluding hydrogens is 250 g/mol. The van der Waals surface area contributed by atoms with Crippen LogP contribution in [0.2, 0.25) is 0 Å². The quantitative estimate of drug-likeness (QED) is 0.890. The summed E-state index contributed by atoms with van der Waals surface area (Å²) in [5, 5.41) is 5.05. The minimum Gasteiger partial charge on any atom is -0.493 e. The van der Waals surface area contributed by atoms with Gasteiger partial charge in [-0.3, -0.25) is 0 Å². The largest absolute Gasteiger partial charge is 0.493 e. The molecule has 0 radical (unpaired) electrons. The van der Waals surface area contributed by atoms with E-state index in [1.54, 1.807) is 0 Å². The van der Waals surface area contributed by atoms with Crippen LogP contribution in [0.5, 0.6) is 5.75 Å². The fourth-order valence-corrected chi connectivity index (χ4v) is 2.84. The summed E-state index contributed by atoms with van der Waals surface area (Å²) < 4.78 is 27.8. The minimum absolute atomic E-state index is 0.0924. The predicted octanol–water partition coefficient (Wildman–Crippen LogP) is 2.00. The second kappa shape index (κ2) is 5.28. The number of aryl methyl sites for hydroxylation is 2. The van der Waals surface area contributed by atoms with Crippen LogP contribution in [0.15, 0.2) is 18.2 Å². The lowest BCUT2D eigenvalue weighted by Crippen LogP contribution is -2.33. The van der Waals surface area contributed by atoms with Crippen molar-refractivity contribution >= 4 is 10.0 Å². The van der Waals surface area contributed by atoms with Gasteiger partial charge in [0.1, 0.15) is 5.75 Å².